The zero-order valence-corrected chi connectivity index (χ0v) is 5.53. The molecule has 1 aromatic rings. The summed E-state index contributed by atoms with van der Waals surface area (Å²) in [4.78, 5) is 10.7. The van der Waals surface area contributed by atoms with Crippen LogP contribution in [0, 0.1) is 12.3 Å². The maximum Gasteiger partial charge on any atom is 0.238 e. The van der Waals surface area contributed by atoms with E-state index in [1.54, 1.807) is 13.2 Å². The number of hydrogen-bond acceptors (Lipinski definition) is 2. The zero-order valence-electron chi connectivity index (χ0n) is 5.53. The summed E-state index contributed by atoms with van der Waals surface area (Å²) in [5.41, 5.74) is 0.463. The van der Waals surface area contributed by atoms with Crippen molar-refractivity contribution < 1.29 is 4.79 Å². The Bertz CT molecular complexity index is 293. The van der Waals surface area contributed by atoms with E-state index in [0.717, 1.165) is 0 Å². The number of carbonyl (C=O) groups is 1. The van der Waals surface area contributed by atoms with Crippen LogP contribution in [0.3, 0.4) is 0 Å². The lowest BCUT2D eigenvalue weighted by Crippen LogP contribution is -1.91. The third-order valence-corrected chi connectivity index (χ3v) is 1.10. The van der Waals surface area contributed by atoms with E-state index in [1.165, 1.54) is 10.9 Å². The number of Topliss-reactive ketones (excluding diaryl/α,β-unsaturated/α-hetero) is 1. The van der Waals surface area contributed by atoms with Gasteiger partial charge >= 0.3 is 0 Å². The van der Waals surface area contributed by atoms with Gasteiger partial charge in [-0.3, -0.25) is 9.48 Å². The van der Waals surface area contributed by atoms with Gasteiger partial charge in [-0.15, -0.1) is 6.42 Å². The third kappa shape index (κ3) is 1.06. The van der Waals surface area contributed by atoms with Gasteiger partial charge in [-0.05, 0) is 5.92 Å². The van der Waals surface area contributed by atoms with Gasteiger partial charge in [0, 0.05) is 13.2 Å². The van der Waals surface area contributed by atoms with E-state index < -0.39 is 0 Å². The lowest BCUT2D eigenvalue weighted by Gasteiger charge is -1.81. The second-order valence-corrected chi connectivity index (χ2v) is 1.88. The molecule has 0 atom stereocenters. The highest BCUT2D eigenvalue weighted by atomic mass is 16.1. The van der Waals surface area contributed by atoms with Gasteiger partial charge in [0.2, 0.25) is 5.78 Å². The molecule has 0 radical (unpaired) electrons. The number of nitrogens with zero attached hydrogens (tertiary/aromatic N) is 2. The van der Waals surface area contributed by atoms with Crippen molar-refractivity contribution in [2.45, 2.75) is 0 Å². The Morgan fingerprint density at radius 3 is 3.00 bits per heavy atom. The summed E-state index contributed by atoms with van der Waals surface area (Å²) in [5.74, 6) is 1.68. The summed E-state index contributed by atoms with van der Waals surface area (Å²) in [6.45, 7) is 0. The monoisotopic (exact) mass is 134 g/mol. The Labute approximate surface area is 58.7 Å². The van der Waals surface area contributed by atoms with Crippen molar-refractivity contribution >= 4 is 5.78 Å². The minimum absolute atomic E-state index is 0.326. The highest BCUT2D eigenvalue weighted by molar-refractivity contribution is 6.08. The fourth-order valence-electron chi connectivity index (χ4n) is 0.622. The summed E-state index contributed by atoms with van der Waals surface area (Å²) in [6.07, 6.45) is 7.91. The van der Waals surface area contributed by atoms with Crippen molar-refractivity contribution in [3.8, 4) is 12.3 Å². The van der Waals surface area contributed by atoms with Crippen molar-refractivity contribution in [2.24, 2.45) is 7.05 Å². The maximum atomic E-state index is 10.7. The highest BCUT2D eigenvalue weighted by Gasteiger charge is 2.02. The fourth-order valence-corrected chi connectivity index (χ4v) is 0.622. The van der Waals surface area contributed by atoms with Crippen molar-refractivity contribution in [3.63, 3.8) is 0 Å². The van der Waals surface area contributed by atoms with Gasteiger partial charge in [-0.25, -0.2) is 0 Å². The van der Waals surface area contributed by atoms with Gasteiger partial charge in [-0.2, -0.15) is 5.10 Å². The number of hydrogen-bond donors (Lipinski definition) is 0. The predicted octanol–water partition coefficient (Wildman–Crippen LogP) is 0.236. The van der Waals surface area contributed by atoms with Crippen LogP contribution < -0.4 is 0 Å². The molecule has 0 saturated heterocycles. The third-order valence-electron chi connectivity index (χ3n) is 1.10. The number of carbonyl (C=O) groups excluding carboxylic acids is 1. The molecular weight excluding hydrogens is 128 g/mol. The van der Waals surface area contributed by atoms with Crippen molar-refractivity contribution in [1.82, 2.24) is 9.78 Å². The van der Waals surface area contributed by atoms with Crippen molar-refractivity contribution in [1.29, 1.82) is 0 Å². The van der Waals surface area contributed by atoms with E-state index in [9.17, 15) is 4.79 Å². The SMILES string of the molecule is C#CC(=O)c1cnn(C)c1. The number of aromatic nitrogens is 2. The fraction of sp³-hybridized carbons (Fsp3) is 0.143. The van der Waals surface area contributed by atoms with E-state index in [0.29, 0.717) is 5.56 Å². The average Bonchev–Trinajstić information content (AvgIpc) is 2.34. The van der Waals surface area contributed by atoms with Crippen LogP contribution in [0.5, 0.6) is 0 Å². The molecule has 0 amide bonds. The van der Waals surface area contributed by atoms with Crippen LogP contribution in [0.2, 0.25) is 0 Å². The Balaban J connectivity index is 2.98. The molecule has 0 aromatic carbocycles. The first-order valence-corrected chi connectivity index (χ1v) is 2.73. The van der Waals surface area contributed by atoms with E-state index >= 15 is 0 Å². The summed E-state index contributed by atoms with van der Waals surface area (Å²) in [6, 6.07) is 0. The standard InChI is InChI=1S/C7H6N2O/c1-3-7(10)6-4-8-9(2)5-6/h1,4-5H,2H3. The topological polar surface area (TPSA) is 34.9 Å². The van der Waals surface area contributed by atoms with Crippen LogP contribution in [-0.4, -0.2) is 15.6 Å². The van der Waals surface area contributed by atoms with Crippen LogP contribution in [0.15, 0.2) is 12.4 Å². The lowest BCUT2D eigenvalue weighted by atomic mass is 10.2. The second-order valence-electron chi connectivity index (χ2n) is 1.88. The van der Waals surface area contributed by atoms with Gasteiger partial charge in [0.25, 0.3) is 0 Å². The molecule has 0 spiro atoms. The van der Waals surface area contributed by atoms with Gasteiger partial charge in [0.05, 0.1) is 11.8 Å². The molecule has 3 nitrogen and oxygen atoms in total. The average molecular weight is 134 g/mol. The first-order valence-electron chi connectivity index (χ1n) is 2.73. The molecule has 1 rings (SSSR count). The van der Waals surface area contributed by atoms with Crippen LogP contribution in [0.4, 0.5) is 0 Å². The predicted molar refractivity (Wildman–Crippen MR) is 36.4 cm³/mol. The maximum absolute atomic E-state index is 10.7. The van der Waals surface area contributed by atoms with Gasteiger partial charge in [0.15, 0.2) is 0 Å². The number of ketones is 1. The molecule has 10 heavy (non-hydrogen) atoms. The van der Waals surface area contributed by atoms with Crippen LogP contribution in [0.1, 0.15) is 10.4 Å². The largest absolute Gasteiger partial charge is 0.279 e. The molecule has 0 N–H and O–H groups in total. The first-order chi connectivity index (χ1) is 4.74. The smallest absolute Gasteiger partial charge is 0.238 e. The minimum Gasteiger partial charge on any atom is -0.279 e. The molecule has 0 aliphatic rings. The Morgan fingerprint density at radius 1 is 1.90 bits per heavy atom. The van der Waals surface area contributed by atoms with Crippen LogP contribution in [-0.2, 0) is 7.05 Å². The minimum atomic E-state index is -0.326. The molecule has 0 aliphatic carbocycles. The molecule has 1 heterocycles. The zero-order chi connectivity index (χ0) is 7.56. The molecule has 50 valence electrons. The van der Waals surface area contributed by atoms with Crippen LogP contribution >= 0.6 is 0 Å². The molecule has 0 fully saturated rings. The Hall–Kier alpha value is -1.56. The molecular formula is C7H6N2O. The first kappa shape index (κ1) is 6.56. The quantitative estimate of drug-likeness (QED) is 0.313. The number of aryl methyl sites for hydroxylation is 1. The van der Waals surface area contributed by atoms with E-state index in [2.05, 4.69) is 5.10 Å². The Morgan fingerprint density at radius 2 is 2.60 bits per heavy atom. The molecule has 0 aliphatic heterocycles. The van der Waals surface area contributed by atoms with Gasteiger partial charge in [0.1, 0.15) is 0 Å². The summed E-state index contributed by atoms with van der Waals surface area (Å²) < 4.78 is 1.53. The normalized spacial score (nSPS) is 8.80. The highest BCUT2D eigenvalue weighted by Crippen LogP contribution is 1.95. The van der Waals surface area contributed by atoms with Crippen molar-refractivity contribution in [2.75, 3.05) is 0 Å². The van der Waals surface area contributed by atoms with E-state index in [4.69, 9.17) is 6.42 Å². The van der Waals surface area contributed by atoms with E-state index in [-0.39, 0.29) is 5.78 Å². The number of terminal acetylenes is 1. The number of rotatable bonds is 1. The second kappa shape index (κ2) is 2.36. The molecule has 1 aromatic heterocycles. The Kier molecular flexibility index (Phi) is 1.55. The lowest BCUT2D eigenvalue weighted by molar-refractivity contribution is 0.105. The molecule has 3 heteroatoms. The molecule has 0 unspecified atom stereocenters. The van der Waals surface area contributed by atoms with Crippen LogP contribution in [0.25, 0.3) is 0 Å². The van der Waals surface area contributed by atoms with E-state index in [1.807, 2.05) is 5.92 Å². The summed E-state index contributed by atoms with van der Waals surface area (Å²) in [5, 5.41) is 3.79. The molecule has 0 saturated carbocycles. The van der Waals surface area contributed by atoms with Crippen molar-refractivity contribution in [3.05, 3.63) is 18.0 Å². The summed E-state index contributed by atoms with van der Waals surface area (Å²) in [7, 11) is 1.73. The summed E-state index contributed by atoms with van der Waals surface area (Å²) >= 11 is 0. The van der Waals surface area contributed by atoms with Gasteiger partial charge in [-0.1, -0.05) is 0 Å². The molecule has 0 bridgehead atoms. The van der Waals surface area contributed by atoms with Gasteiger partial charge < -0.3 is 0 Å².